The molecule has 0 radical (unpaired) electrons. The summed E-state index contributed by atoms with van der Waals surface area (Å²) in [6.45, 7) is 3.74. The van der Waals surface area contributed by atoms with Crippen molar-refractivity contribution in [3.8, 4) is 5.75 Å². The lowest BCUT2D eigenvalue weighted by Gasteiger charge is -2.13. The Labute approximate surface area is 233 Å². The molecular formula is C25H30ClF3N4O5S. The monoisotopic (exact) mass is 590 g/mol. The molecule has 0 saturated heterocycles. The third kappa shape index (κ3) is 8.41. The fraction of sp³-hybridized carbons (Fsp3) is 0.440. The topological polar surface area (TPSA) is 97.2 Å². The van der Waals surface area contributed by atoms with Gasteiger partial charge in [-0.05, 0) is 31.5 Å². The van der Waals surface area contributed by atoms with Crippen LogP contribution in [0.15, 0.2) is 41.7 Å². The number of hydrogen-bond donors (Lipinski definition) is 1. The molecule has 0 aliphatic heterocycles. The van der Waals surface area contributed by atoms with Crippen LogP contribution < -0.4 is 26.5 Å². The lowest BCUT2D eigenvalue weighted by atomic mass is 10.1. The number of alkyl halides is 3. The van der Waals surface area contributed by atoms with Crippen molar-refractivity contribution < 1.29 is 54.3 Å². The lowest BCUT2D eigenvalue weighted by molar-refractivity contribution is -0.726. The van der Waals surface area contributed by atoms with E-state index in [4.69, 9.17) is 9.47 Å². The molecule has 2 aromatic heterocycles. The molecule has 0 aliphatic rings. The number of hydrogen-bond acceptors (Lipinski definition) is 6. The van der Waals surface area contributed by atoms with Crippen LogP contribution in [-0.2, 0) is 24.2 Å². The van der Waals surface area contributed by atoms with Gasteiger partial charge in [-0.1, -0.05) is 24.7 Å². The Hall–Kier alpha value is -3.16. The van der Waals surface area contributed by atoms with Crippen molar-refractivity contribution in [3.63, 3.8) is 0 Å². The molecule has 9 nitrogen and oxygen atoms in total. The molecule has 39 heavy (non-hydrogen) atoms. The predicted molar refractivity (Wildman–Crippen MR) is 134 cm³/mol. The number of aliphatic hydroxyl groups excluding tert-OH is 1. The summed E-state index contributed by atoms with van der Waals surface area (Å²) >= 11 is 1.21. The van der Waals surface area contributed by atoms with E-state index in [9.17, 15) is 27.9 Å². The second-order valence-corrected chi connectivity index (χ2v) is 9.83. The molecule has 2 heterocycles. The van der Waals surface area contributed by atoms with Crippen LogP contribution in [0.25, 0.3) is 10.2 Å². The molecule has 2 amide bonds. The number of thiazole rings is 1. The molecule has 0 saturated carbocycles. The van der Waals surface area contributed by atoms with Gasteiger partial charge in [-0.3, -0.25) is 4.79 Å². The van der Waals surface area contributed by atoms with Crippen molar-refractivity contribution in [2.24, 2.45) is 4.99 Å². The molecule has 14 heteroatoms. The number of aliphatic hydroxyl groups is 1. The largest absolute Gasteiger partial charge is 1.00 e. The van der Waals surface area contributed by atoms with E-state index in [0.29, 0.717) is 17.4 Å². The van der Waals surface area contributed by atoms with Crippen molar-refractivity contribution in [2.75, 3.05) is 20.7 Å². The highest BCUT2D eigenvalue weighted by Gasteiger charge is 2.32. The summed E-state index contributed by atoms with van der Waals surface area (Å²) in [7, 11) is 3.15. The minimum Gasteiger partial charge on any atom is -1.00 e. The van der Waals surface area contributed by atoms with E-state index in [1.54, 1.807) is 37.1 Å². The number of benzene rings is 1. The minimum absolute atomic E-state index is 0. The van der Waals surface area contributed by atoms with Gasteiger partial charge < -0.3 is 36.5 Å². The number of carbonyl (C=O) groups excluding carboxylic acids is 2. The number of unbranched alkanes of at least 4 members (excludes halogenated alkanes) is 1. The van der Waals surface area contributed by atoms with Crippen LogP contribution >= 0.6 is 11.3 Å². The molecule has 1 aromatic carbocycles. The van der Waals surface area contributed by atoms with Crippen LogP contribution in [0.4, 0.5) is 18.0 Å². The van der Waals surface area contributed by atoms with E-state index >= 15 is 0 Å². The molecular weight excluding hydrogens is 561 g/mol. The van der Waals surface area contributed by atoms with Crippen molar-refractivity contribution >= 4 is 33.6 Å². The van der Waals surface area contributed by atoms with Crippen molar-refractivity contribution in [1.29, 1.82) is 0 Å². The van der Waals surface area contributed by atoms with Crippen LogP contribution in [0.2, 0.25) is 0 Å². The van der Waals surface area contributed by atoms with Gasteiger partial charge >= 0.3 is 12.3 Å². The number of aromatic nitrogens is 2. The molecule has 1 N–H and O–H groups in total. The third-order valence-corrected chi connectivity index (χ3v) is 6.39. The first-order valence-corrected chi connectivity index (χ1v) is 12.7. The highest BCUT2D eigenvalue weighted by atomic mass is 35.5. The van der Waals surface area contributed by atoms with Gasteiger partial charge in [0.1, 0.15) is 17.9 Å². The van der Waals surface area contributed by atoms with Gasteiger partial charge in [-0.2, -0.15) is 22.7 Å². The van der Waals surface area contributed by atoms with Gasteiger partial charge in [0.2, 0.25) is 0 Å². The van der Waals surface area contributed by atoms with Gasteiger partial charge in [0, 0.05) is 26.7 Å². The SMILES string of the molecule is CCCCn1c(=NC(=O)c2cc(C(F)(F)F)ccc2OC[C@H](C)O)sc2cc[n+](COC(=O)N(C)C)cc21.[Cl-]. The van der Waals surface area contributed by atoms with Crippen LogP contribution in [0, 0.1) is 0 Å². The van der Waals surface area contributed by atoms with E-state index in [1.807, 2.05) is 11.5 Å². The summed E-state index contributed by atoms with van der Waals surface area (Å²) in [4.78, 5) is 30.8. The number of aryl methyl sites for hydroxylation is 1. The highest BCUT2D eigenvalue weighted by Crippen LogP contribution is 2.33. The summed E-state index contributed by atoms with van der Waals surface area (Å²) in [5.74, 6) is -1.00. The number of carbonyl (C=O) groups is 2. The maximum absolute atomic E-state index is 13.4. The first-order chi connectivity index (χ1) is 17.9. The molecule has 3 rings (SSSR count). The fourth-order valence-corrected chi connectivity index (χ4v) is 4.39. The quantitative estimate of drug-likeness (QED) is 0.375. The van der Waals surface area contributed by atoms with Crippen molar-refractivity contribution in [2.45, 2.75) is 52.2 Å². The summed E-state index contributed by atoms with van der Waals surface area (Å²) in [5.41, 5.74) is -0.636. The van der Waals surface area contributed by atoms with Crippen LogP contribution in [-0.4, -0.2) is 53.4 Å². The zero-order valence-corrected chi connectivity index (χ0v) is 23.4. The Kier molecular flexibility index (Phi) is 11.3. The van der Waals surface area contributed by atoms with Gasteiger partial charge in [0.15, 0.2) is 17.2 Å². The number of rotatable bonds is 9. The number of fused-ring (bicyclic) bond motifs is 1. The smallest absolute Gasteiger partial charge is 0.416 e. The second kappa shape index (κ2) is 13.8. The highest BCUT2D eigenvalue weighted by molar-refractivity contribution is 7.16. The van der Waals surface area contributed by atoms with Crippen LogP contribution in [0.1, 0.15) is 42.6 Å². The number of nitrogens with zero attached hydrogens (tertiary/aromatic N) is 4. The zero-order chi connectivity index (χ0) is 28.0. The van der Waals surface area contributed by atoms with Crippen molar-refractivity contribution in [3.05, 3.63) is 52.6 Å². The van der Waals surface area contributed by atoms with E-state index in [2.05, 4.69) is 4.99 Å². The van der Waals surface area contributed by atoms with Gasteiger partial charge in [-0.25, -0.2) is 4.79 Å². The van der Waals surface area contributed by atoms with E-state index < -0.39 is 29.8 Å². The molecule has 3 aromatic rings. The van der Waals surface area contributed by atoms with Gasteiger partial charge in [-0.15, -0.1) is 0 Å². The normalized spacial score (nSPS) is 12.7. The van der Waals surface area contributed by atoms with E-state index in [1.165, 1.54) is 23.2 Å². The van der Waals surface area contributed by atoms with Crippen LogP contribution in [0.5, 0.6) is 5.75 Å². The third-order valence-electron chi connectivity index (χ3n) is 5.33. The van der Waals surface area contributed by atoms with E-state index in [0.717, 1.165) is 35.2 Å². The summed E-state index contributed by atoms with van der Waals surface area (Å²) in [6, 6.07) is 4.37. The molecule has 0 spiro atoms. The molecule has 0 fully saturated rings. The second-order valence-electron chi connectivity index (χ2n) is 8.82. The zero-order valence-electron chi connectivity index (χ0n) is 21.9. The minimum atomic E-state index is -4.67. The maximum Gasteiger partial charge on any atom is 0.416 e. The Balaban J connectivity index is 0.00000533. The molecule has 214 valence electrons. The lowest BCUT2D eigenvalue weighted by Crippen LogP contribution is -3.00. The Morgan fingerprint density at radius 3 is 2.59 bits per heavy atom. The first kappa shape index (κ1) is 32.1. The number of pyridine rings is 1. The molecule has 0 unspecified atom stereocenters. The molecule has 1 atom stereocenters. The first-order valence-electron chi connectivity index (χ1n) is 11.9. The standard InChI is InChI=1S/C25H30F3N4O5S.ClH/c1-5-6-10-32-19-13-31(15-37-24(35)30(3)4)11-9-21(19)38-23(32)29-22(34)18-12-17(25(26,27)28)7-8-20(18)36-14-16(2)33;/h7-9,11-13,16,33H,5-6,10,14-15H2,1-4H3;1H/q+1;/p-1/t16-;/m0./s1. The number of ether oxygens (including phenoxy) is 2. The van der Waals surface area contributed by atoms with Gasteiger partial charge in [0.25, 0.3) is 12.6 Å². The predicted octanol–water partition coefficient (Wildman–Crippen LogP) is 0.970. The summed E-state index contributed by atoms with van der Waals surface area (Å²) in [5, 5.41) is 9.53. The Bertz CT molecular complexity index is 1370. The number of halogens is 4. The Morgan fingerprint density at radius 2 is 1.97 bits per heavy atom. The molecule has 0 aliphatic carbocycles. The number of amides is 2. The van der Waals surface area contributed by atoms with Crippen molar-refractivity contribution in [1.82, 2.24) is 9.47 Å². The fourth-order valence-electron chi connectivity index (χ4n) is 3.37. The molecule has 0 bridgehead atoms. The Morgan fingerprint density at radius 1 is 1.26 bits per heavy atom. The summed E-state index contributed by atoms with van der Waals surface area (Å²) in [6.07, 6.45) is -0.959. The summed E-state index contributed by atoms with van der Waals surface area (Å²) < 4.78 is 55.0. The average molecular weight is 591 g/mol. The van der Waals surface area contributed by atoms with Crippen LogP contribution in [0.3, 0.4) is 0 Å². The average Bonchev–Trinajstić information content (AvgIpc) is 3.19. The van der Waals surface area contributed by atoms with Gasteiger partial charge in [0.05, 0.1) is 21.9 Å². The van der Waals surface area contributed by atoms with E-state index in [-0.39, 0.29) is 37.1 Å². The maximum atomic E-state index is 13.4.